The van der Waals surface area contributed by atoms with Crippen molar-refractivity contribution in [3.8, 4) is 0 Å². The molecule has 0 unspecified atom stereocenters. The Labute approximate surface area is 141 Å². The van der Waals surface area contributed by atoms with Gasteiger partial charge in [-0.3, -0.25) is 4.99 Å². The molecule has 0 N–H and O–H groups in total. The fraction of sp³-hybridized carbons (Fsp3) is 0.267. The third kappa shape index (κ3) is 2.15. The molecule has 0 aliphatic carbocycles. The van der Waals surface area contributed by atoms with Crippen LogP contribution >= 0.6 is 46.6 Å². The zero-order valence-electron chi connectivity index (χ0n) is 11.8. The van der Waals surface area contributed by atoms with E-state index in [-0.39, 0.29) is 0 Å². The fourth-order valence-corrected chi connectivity index (χ4v) is 6.39. The highest BCUT2D eigenvalue weighted by Gasteiger charge is 2.33. The van der Waals surface area contributed by atoms with Crippen LogP contribution in [0.15, 0.2) is 37.7 Å². The van der Waals surface area contributed by atoms with E-state index in [1.807, 2.05) is 46.6 Å². The van der Waals surface area contributed by atoms with Crippen LogP contribution in [0.2, 0.25) is 0 Å². The number of hydrogen-bond acceptors (Lipinski definition) is 6. The molecule has 4 rings (SSSR count). The summed E-state index contributed by atoms with van der Waals surface area (Å²) in [4.78, 5) is 8.38. The molecular weight excluding hydrogens is 336 g/mol. The number of thioether (sulfide) groups is 3. The van der Waals surface area contributed by atoms with E-state index in [0.717, 1.165) is 13.1 Å². The van der Waals surface area contributed by atoms with Crippen molar-refractivity contribution in [3.63, 3.8) is 0 Å². The van der Waals surface area contributed by atoms with Crippen molar-refractivity contribution in [1.82, 2.24) is 4.90 Å². The van der Waals surface area contributed by atoms with Crippen LogP contribution in [0.4, 0.5) is 0 Å². The molecule has 2 aliphatic rings. The highest BCUT2D eigenvalue weighted by Crippen LogP contribution is 2.48. The first-order valence-corrected chi connectivity index (χ1v) is 10.8. The Morgan fingerprint density at radius 1 is 1.19 bits per heavy atom. The largest absolute Gasteiger partial charge is 0.317 e. The quantitative estimate of drug-likeness (QED) is 0.721. The van der Waals surface area contributed by atoms with Gasteiger partial charge in [-0.25, -0.2) is 0 Å². The molecule has 6 heteroatoms. The van der Waals surface area contributed by atoms with E-state index in [0.29, 0.717) is 0 Å². The third-order valence-electron chi connectivity index (χ3n) is 3.69. The number of benzene rings is 1. The molecule has 1 aromatic heterocycles. The van der Waals surface area contributed by atoms with Crippen LogP contribution in [0.1, 0.15) is 5.56 Å². The van der Waals surface area contributed by atoms with Crippen LogP contribution in [-0.4, -0.2) is 35.7 Å². The van der Waals surface area contributed by atoms with Gasteiger partial charge in [-0.15, -0.1) is 34.9 Å². The first-order valence-electron chi connectivity index (χ1n) is 6.66. The van der Waals surface area contributed by atoms with Crippen LogP contribution in [0.25, 0.3) is 15.8 Å². The number of rotatable bonds is 3. The molecule has 0 spiro atoms. The van der Waals surface area contributed by atoms with Gasteiger partial charge < -0.3 is 4.90 Å². The van der Waals surface area contributed by atoms with Crippen molar-refractivity contribution in [2.24, 2.45) is 4.99 Å². The standard InChI is InChI=1S/C15H14N2S4/c1-18-11-4-3-9(10-5-8-20-13(10)11)12-14(19-2)21-15-16-6-7-17(12)15/h3-5,8H,6-7H2,1-2H3. The molecule has 0 bridgehead atoms. The van der Waals surface area contributed by atoms with Crippen molar-refractivity contribution < 1.29 is 0 Å². The van der Waals surface area contributed by atoms with Gasteiger partial charge in [-0.2, -0.15) is 0 Å². The number of hydrogen-bond donors (Lipinski definition) is 0. The average Bonchev–Trinajstić information content (AvgIpc) is 3.20. The molecule has 3 heterocycles. The highest BCUT2D eigenvalue weighted by atomic mass is 32.2. The molecule has 108 valence electrons. The van der Waals surface area contributed by atoms with Crippen molar-refractivity contribution in [2.45, 2.75) is 4.90 Å². The Bertz CT molecular complexity index is 775. The molecule has 0 fully saturated rings. The summed E-state index contributed by atoms with van der Waals surface area (Å²) < 4.78 is 2.78. The molecule has 1 aromatic carbocycles. The van der Waals surface area contributed by atoms with Crippen molar-refractivity contribution in [1.29, 1.82) is 0 Å². The zero-order valence-corrected chi connectivity index (χ0v) is 15.0. The van der Waals surface area contributed by atoms with Gasteiger partial charge in [0.1, 0.15) is 0 Å². The second-order valence-electron chi connectivity index (χ2n) is 4.74. The van der Waals surface area contributed by atoms with Gasteiger partial charge in [0.05, 0.1) is 16.5 Å². The summed E-state index contributed by atoms with van der Waals surface area (Å²) in [5, 5.41) is 4.75. The molecule has 0 atom stereocenters. The lowest BCUT2D eigenvalue weighted by Gasteiger charge is -2.18. The van der Waals surface area contributed by atoms with E-state index in [1.165, 1.54) is 35.6 Å². The van der Waals surface area contributed by atoms with E-state index in [4.69, 9.17) is 0 Å². The molecule has 21 heavy (non-hydrogen) atoms. The van der Waals surface area contributed by atoms with Crippen molar-refractivity contribution >= 4 is 67.6 Å². The molecule has 0 radical (unpaired) electrons. The Kier molecular flexibility index (Phi) is 3.73. The predicted octanol–water partition coefficient (Wildman–Crippen LogP) is 5.03. The summed E-state index contributed by atoms with van der Waals surface area (Å²) in [6, 6.07) is 6.81. The number of nitrogens with zero attached hydrogens (tertiary/aromatic N) is 2. The van der Waals surface area contributed by atoms with Crippen molar-refractivity contribution in [3.05, 3.63) is 33.4 Å². The first-order chi connectivity index (χ1) is 10.3. The van der Waals surface area contributed by atoms with E-state index >= 15 is 0 Å². The summed E-state index contributed by atoms with van der Waals surface area (Å²) in [7, 11) is 0. The normalized spacial score (nSPS) is 17.8. The van der Waals surface area contributed by atoms with Crippen LogP contribution in [0.5, 0.6) is 0 Å². The van der Waals surface area contributed by atoms with E-state index in [2.05, 4.69) is 46.0 Å². The SMILES string of the molecule is CSC1=C(c2ccc(SC)c3sccc23)N2CCN=C2S1. The van der Waals surface area contributed by atoms with Gasteiger partial charge in [0, 0.05) is 27.1 Å². The summed E-state index contributed by atoms with van der Waals surface area (Å²) >= 11 is 7.32. The molecule has 2 nitrogen and oxygen atoms in total. The molecule has 0 saturated carbocycles. The summed E-state index contributed by atoms with van der Waals surface area (Å²) in [6.45, 7) is 1.93. The summed E-state index contributed by atoms with van der Waals surface area (Å²) in [5.41, 5.74) is 2.72. The van der Waals surface area contributed by atoms with Crippen molar-refractivity contribution in [2.75, 3.05) is 25.6 Å². The zero-order chi connectivity index (χ0) is 14.4. The number of amidine groups is 1. The Morgan fingerprint density at radius 2 is 2.10 bits per heavy atom. The third-order valence-corrected chi connectivity index (χ3v) is 7.77. The van der Waals surface area contributed by atoms with E-state index in [9.17, 15) is 0 Å². The van der Waals surface area contributed by atoms with Crippen LogP contribution in [0.3, 0.4) is 0 Å². The minimum absolute atomic E-state index is 0.920. The average molecular weight is 351 g/mol. The number of fused-ring (bicyclic) bond motifs is 2. The van der Waals surface area contributed by atoms with Crippen LogP contribution < -0.4 is 0 Å². The van der Waals surface area contributed by atoms with Gasteiger partial charge in [0.25, 0.3) is 0 Å². The molecule has 2 aromatic rings. The molecule has 0 amide bonds. The van der Waals surface area contributed by atoms with Gasteiger partial charge in [-0.1, -0.05) is 6.07 Å². The van der Waals surface area contributed by atoms with E-state index in [1.54, 1.807) is 0 Å². The molecule has 0 saturated heterocycles. The van der Waals surface area contributed by atoms with Crippen LogP contribution in [0, 0.1) is 0 Å². The molecular formula is C15H14N2S4. The second kappa shape index (κ2) is 5.57. The fourth-order valence-electron chi connectivity index (χ4n) is 2.76. The Balaban J connectivity index is 1.93. The maximum Gasteiger partial charge on any atom is 0.169 e. The Morgan fingerprint density at radius 3 is 2.90 bits per heavy atom. The first kappa shape index (κ1) is 14.1. The minimum Gasteiger partial charge on any atom is -0.317 e. The summed E-state index contributed by atoms with van der Waals surface area (Å²) in [5.74, 6) is 0. The highest BCUT2D eigenvalue weighted by molar-refractivity contribution is 8.30. The lowest BCUT2D eigenvalue weighted by Crippen LogP contribution is -2.20. The lowest BCUT2D eigenvalue weighted by atomic mass is 10.1. The molecule has 2 aliphatic heterocycles. The topological polar surface area (TPSA) is 15.6 Å². The summed E-state index contributed by atoms with van der Waals surface area (Å²) in [6.07, 6.45) is 4.31. The minimum atomic E-state index is 0.920. The smallest absolute Gasteiger partial charge is 0.169 e. The van der Waals surface area contributed by atoms with Crippen LogP contribution in [-0.2, 0) is 0 Å². The van der Waals surface area contributed by atoms with Gasteiger partial charge in [0.2, 0.25) is 0 Å². The second-order valence-corrected chi connectivity index (χ2v) is 8.55. The Hall–Kier alpha value is -0.560. The van der Waals surface area contributed by atoms with Gasteiger partial charge in [0.15, 0.2) is 5.17 Å². The maximum absolute atomic E-state index is 4.62. The van der Waals surface area contributed by atoms with Gasteiger partial charge in [-0.05, 0) is 41.8 Å². The van der Waals surface area contributed by atoms with Gasteiger partial charge >= 0.3 is 0 Å². The monoisotopic (exact) mass is 350 g/mol. The lowest BCUT2D eigenvalue weighted by molar-refractivity contribution is 0.650. The maximum atomic E-state index is 4.62. The number of thiophene rings is 1. The number of aliphatic imine (C=N–C) groups is 1. The predicted molar refractivity (Wildman–Crippen MR) is 101 cm³/mol. The van der Waals surface area contributed by atoms with E-state index < -0.39 is 0 Å².